The van der Waals surface area contributed by atoms with E-state index in [4.69, 9.17) is 21.1 Å². The highest BCUT2D eigenvalue weighted by Crippen LogP contribution is 2.31. The Morgan fingerprint density at radius 2 is 2.06 bits per heavy atom. The molecule has 16 heavy (non-hydrogen) atoms. The molecule has 2 rings (SSSR count). The van der Waals surface area contributed by atoms with E-state index in [-0.39, 0.29) is 18.6 Å². The molecule has 0 atom stereocenters. The summed E-state index contributed by atoms with van der Waals surface area (Å²) in [5.41, 5.74) is 2.64. The topological polar surface area (TPSA) is 114 Å². The fourth-order valence-corrected chi connectivity index (χ4v) is 1.84. The third-order valence-corrected chi connectivity index (χ3v) is 2.79. The maximum atomic E-state index is 10.9. The van der Waals surface area contributed by atoms with Gasteiger partial charge in [0.2, 0.25) is 0 Å². The van der Waals surface area contributed by atoms with E-state index in [0.29, 0.717) is 10.7 Å². The molecule has 0 amide bonds. The molecule has 0 bridgehead atoms. The molecular formula is C6H9Cl2N3O4S. The molecule has 0 aromatic heterocycles. The molecule has 2 heterocycles. The van der Waals surface area contributed by atoms with Crippen LogP contribution in [0.1, 0.15) is 0 Å². The fraction of sp³-hybridized carbons (Fsp3) is 0. The van der Waals surface area contributed by atoms with Crippen molar-refractivity contribution in [2.24, 2.45) is 0 Å². The molecule has 0 radical (unpaired) electrons. The summed E-state index contributed by atoms with van der Waals surface area (Å²) in [5, 5.41) is 0.804. The number of hydroxylamine groups is 3. The van der Waals surface area contributed by atoms with Crippen LogP contribution in [-0.2, 0) is 15.1 Å². The summed E-state index contributed by atoms with van der Waals surface area (Å²) in [5.74, 6) is 0. The predicted molar refractivity (Wildman–Crippen MR) is 60.0 cm³/mol. The van der Waals surface area contributed by atoms with E-state index in [1.165, 1.54) is 12.3 Å². The Kier molecular flexibility index (Phi) is 4.80. The standard InChI is InChI=1S/C6H5ClN2O4S.ClH.H3N/c7-4-1-2-6(14(10,11)12)9-5(4)3-8-13-9;;/h1-3,8H,(H,10,11,12);1H;1H3. The molecule has 2 aliphatic rings. The highest BCUT2D eigenvalue weighted by molar-refractivity contribution is 7.89. The first kappa shape index (κ1) is 15.2. The van der Waals surface area contributed by atoms with Crippen molar-refractivity contribution in [3.63, 3.8) is 0 Å². The van der Waals surface area contributed by atoms with Gasteiger partial charge in [-0.05, 0) is 12.2 Å². The molecule has 5 N–H and O–H groups in total. The second kappa shape index (κ2) is 5.04. The van der Waals surface area contributed by atoms with Crippen LogP contribution in [0, 0.1) is 0 Å². The second-order valence-corrected chi connectivity index (χ2v) is 4.30. The Labute approximate surface area is 103 Å². The van der Waals surface area contributed by atoms with Gasteiger partial charge in [-0.25, -0.2) is 5.48 Å². The molecule has 0 saturated heterocycles. The van der Waals surface area contributed by atoms with E-state index in [9.17, 15) is 8.42 Å². The first-order valence-electron chi connectivity index (χ1n) is 3.48. The van der Waals surface area contributed by atoms with Crippen molar-refractivity contribution < 1.29 is 17.9 Å². The zero-order valence-electron chi connectivity index (χ0n) is 7.75. The van der Waals surface area contributed by atoms with Crippen LogP contribution in [0.2, 0.25) is 0 Å². The SMILES string of the molecule is Cl.N.O=S(=O)(O)C1=CC=C(Cl)C2=CNON21. The van der Waals surface area contributed by atoms with Crippen LogP contribution in [0.5, 0.6) is 0 Å². The van der Waals surface area contributed by atoms with Gasteiger partial charge in [0.05, 0.1) is 11.2 Å². The van der Waals surface area contributed by atoms with Crippen molar-refractivity contribution in [3.8, 4) is 0 Å². The van der Waals surface area contributed by atoms with E-state index in [0.717, 1.165) is 11.1 Å². The lowest BCUT2D eigenvalue weighted by Gasteiger charge is -2.21. The molecule has 2 aliphatic heterocycles. The number of allylic oxidation sites excluding steroid dienone is 3. The van der Waals surface area contributed by atoms with Crippen LogP contribution in [0.25, 0.3) is 0 Å². The minimum atomic E-state index is -4.33. The van der Waals surface area contributed by atoms with E-state index in [2.05, 4.69) is 5.48 Å². The summed E-state index contributed by atoms with van der Waals surface area (Å²) >= 11 is 5.74. The zero-order valence-corrected chi connectivity index (χ0v) is 10.1. The summed E-state index contributed by atoms with van der Waals surface area (Å²) in [7, 11) is -4.33. The molecule has 10 heteroatoms. The fourth-order valence-electron chi connectivity index (χ4n) is 1.06. The van der Waals surface area contributed by atoms with Crippen molar-refractivity contribution in [2.45, 2.75) is 0 Å². The number of nitrogens with one attached hydrogen (secondary N) is 1. The molecule has 0 fully saturated rings. The second-order valence-electron chi connectivity index (χ2n) is 2.53. The summed E-state index contributed by atoms with van der Waals surface area (Å²) in [6.45, 7) is 0. The van der Waals surface area contributed by atoms with Gasteiger partial charge in [0.25, 0.3) is 0 Å². The lowest BCUT2D eigenvalue weighted by Crippen LogP contribution is -2.27. The predicted octanol–water partition coefficient (Wildman–Crippen LogP) is 1.03. The maximum Gasteiger partial charge on any atom is 0.312 e. The van der Waals surface area contributed by atoms with Crippen LogP contribution in [-0.4, -0.2) is 18.0 Å². The quantitative estimate of drug-likeness (QED) is 0.618. The highest BCUT2D eigenvalue weighted by Gasteiger charge is 2.32. The number of halogens is 2. The minimum absolute atomic E-state index is 0. The number of hydrogen-bond acceptors (Lipinski definition) is 6. The zero-order chi connectivity index (χ0) is 10.3. The van der Waals surface area contributed by atoms with Crippen molar-refractivity contribution in [3.05, 3.63) is 34.1 Å². The molecule has 7 nitrogen and oxygen atoms in total. The van der Waals surface area contributed by atoms with Crippen LogP contribution in [0.15, 0.2) is 34.1 Å². The normalized spacial score (nSPS) is 18.1. The average molecular weight is 290 g/mol. The van der Waals surface area contributed by atoms with Crippen LogP contribution < -0.4 is 11.6 Å². The largest absolute Gasteiger partial charge is 0.344 e. The minimum Gasteiger partial charge on any atom is -0.344 e. The van der Waals surface area contributed by atoms with Crippen molar-refractivity contribution in [1.82, 2.24) is 16.7 Å². The van der Waals surface area contributed by atoms with Crippen LogP contribution in [0.3, 0.4) is 0 Å². The van der Waals surface area contributed by atoms with Gasteiger partial charge in [0.1, 0.15) is 5.70 Å². The maximum absolute atomic E-state index is 10.9. The third-order valence-electron chi connectivity index (χ3n) is 1.64. The number of hydrogen-bond donors (Lipinski definition) is 3. The Hall–Kier alpha value is -0.770. The number of fused-ring (bicyclic) bond motifs is 1. The third kappa shape index (κ3) is 2.48. The Morgan fingerprint density at radius 1 is 1.44 bits per heavy atom. The molecule has 0 unspecified atom stereocenters. The van der Waals surface area contributed by atoms with Gasteiger partial charge in [-0.2, -0.15) is 18.4 Å². The molecule has 0 spiro atoms. The van der Waals surface area contributed by atoms with Crippen molar-refractivity contribution in [2.75, 3.05) is 0 Å². The molecule has 0 aromatic carbocycles. The molecular weight excluding hydrogens is 281 g/mol. The first-order valence-corrected chi connectivity index (χ1v) is 5.30. The number of nitrogens with zero attached hydrogens (tertiary/aromatic N) is 1. The molecule has 0 saturated carbocycles. The van der Waals surface area contributed by atoms with Gasteiger partial charge < -0.3 is 6.15 Å². The van der Waals surface area contributed by atoms with E-state index < -0.39 is 15.1 Å². The first-order chi connectivity index (χ1) is 6.50. The van der Waals surface area contributed by atoms with Gasteiger partial charge in [0.15, 0.2) is 5.03 Å². The monoisotopic (exact) mass is 289 g/mol. The lowest BCUT2D eigenvalue weighted by atomic mass is 10.3. The van der Waals surface area contributed by atoms with Gasteiger partial charge in [-0.15, -0.1) is 12.4 Å². The molecule has 0 aromatic rings. The van der Waals surface area contributed by atoms with Gasteiger partial charge in [0, 0.05) is 0 Å². The van der Waals surface area contributed by atoms with E-state index >= 15 is 0 Å². The summed E-state index contributed by atoms with van der Waals surface area (Å²) in [6, 6.07) is 0. The van der Waals surface area contributed by atoms with Gasteiger partial charge in [-0.1, -0.05) is 11.6 Å². The Balaban J connectivity index is 0.00000112. The molecule has 0 aliphatic carbocycles. The Bertz CT molecular complexity index is 470. The lowest BCUT2D eigenvalue weighted by molar-refractivity contribution is -0.117. The van der Waals surface area contributed by atoms with Crippen LogP contribution in [0.4, 0.5) is 0 Å². The smallest absolute Gasteiger partial charge is 0.312 e. The van der Waals surface area contributed by atoms with E-state index in [1.807, 2.05) is 0 Å². The highest BCUT2D eigenvalue weighted by atomic mass is 35.5. The van der Waals surface area contributed by atoms with Crippen molar-refractivity contribution in [1.29, 1.82) is 0 Å². The van der Waals surface area contributed by atoms with E-state index in [1.54, 1.807) is 0 Å². The summed E-state index contributed by atoms with van der Waals surface area (Å²) in [4.78, 5) is 4.72. The van der Waals surface area contributed by atoms with Gasteiger partial charge >= 0.3 is 10.1 Å². The average Bonchev–Trinajstić information content (AvgIpc) is 2.50. The summed E-state index contributed by atoms with van der Waals surface area (Å²) in [6.07, 6.45) is 3.86. The molecule has 92 valence electrons. The van der Waals surface area contributed by atoms with Crippen molar-refractivity contribution >= 4 is 34.1 Å². The van der Waals surface area contributed by atoms with Gasteiger partial charge in [-0.3, -0.25) is 4.55 Å². The van der Waals surface area contributed by atoms with Crippen LogP contribution >= 0.6 is 24.0 Å². The number of rotatable bonds is 1. The summed E-state index contributed by atoms with van der Waals surface area (Å²) < 4.78 is 30.6. The Morgan fingerprint density at radius 3 is 2.62 bits per heavy atom.